The summed E-state index contributed by atoms with van der Waals surface area (Å²) in [7, 11) is 0. The van der Waals surface area contributed by atoms with E-state index in [-0.39, 0.29) is 6.54 Å². The average Bonchev–Trinajstić information content (AvgIpc) is 2.79. The van der Waals surface area contributed by atoms with Gasteiger partial charge in [0.15, 0.2) is 0 Å². The summed E-state index contributed by atoms with van der Waals surface area (Å²) in [5, 5.41) is 11.2. The second-order valence-corrected chi connectivity index (χ2v) is 4.41. The number of aryl methyl sites for hydroxylation is 1. The number of thiophene rings is 1. The third kappa shape index (κ3) is 2.28. The number of nitrogens with zero attached hydrogens (tertiary/aromatic N) is 1. The maximum atomic E-state index is 13.1. The van der Waals surface area contributed by atoms with Crippen molar-refractivity contribution in [2.24, 2.45) is 0 Å². The molecule has 2 N–H and O–H groups in total. The molecule has 0 unspecified atom stereocenters. The lowest BCUT2D eigenvalue weighted by Gasteiger charge is -2.06. The van der Waals surface area contributed by atoms with Crippen LogP contribution in [0.25, 0.3) is 0 Å². The summed E-state index contributed by atoms with van der Waals surface area (Å²) in [6, 6.07) is 3.73. The average molecular weight is 256 g/mol. The van der Waals surface area contributed by atoms with Gasteiger partial charge in [0.2, 0.25) is 11.7 Å². The molecule has 17 heavy (non-hydrogen) atoms. The summed E-state index contributed by atoms with van der Waals surface area (Å²) in [6.07, 6.45) is 0.483. The molecule has 90 valence electrons. The zero-order valence-electron chi connectivity index (χ0n) is 8.64. The molecule has 7 heteroatoms. The fourth-order valence-corrected chi connectivity index (χ4v) is 2.12. The Morgan fingerprint density at radius 3 is 2.88 bits per heavy atom. The van der Waals surface area contributed by atoms with E-state index < -0.39 is 22.9 Å². The highest BCUT2D eigenvalue weighted by atomic mass is 32.1. The van der Waals surface area contributed by atoms with Gasteiger partial charge in [0, 0.05) is 11.4 Å². The van der Waals surface area contributed by atoms with Gasteiger partial charge in [0.05, 0.1) is 0 Å². The van der Waals surface area contributed by atoms with E-state index in [1.54, 1.807) is 4.98 Å². The van der Waals surface area contributed by atoms with Gasteiger partial charge in [0.25, 0.3) is 5.56 Å². The minimum Gasteiger partial charge on any atom is -0.492 e. The summed E-state index contributed by atoms with van der Waals surface area (Å²) in [5.41, 5.74) is -2.02. The molecule has 0 radical (unpaired) electrons. The third-order valence-corrected chi connectivity index (χ3v) is 3.22. The Balaban J connectivity index is 2.30. The normalized spacial score (nSPS) is 10.6. The van der Waals surface area contributed by atoms with E-state index in [0.29, 0.717) is 6.42 Å². The molecule has 0 aliphatic carbocycles. The van der Waals surface area contributed by atoms with E-state index in [4.69, 9.17) is 0 Å². The van der Waals surface area contributed by atoms with Crippen molar-refractivity contribution >= 4 is 11.3 Å². The molecule has 0 aromatic carbocycles. The fourth-order valence-electron chi connectivity index (χ4n) is 1.42. The number of halogens is 1. The van der Waals surface area contributed by atoms with Crippen molar-refractivity contribution in [1.82, 2.24) is 9.55 Å². The molecule has 5 nitrogen and oxygen atoms in total. The van der Waals surface area contributed by atoms with Crippen LogP contribution < -0.4 is 11.2 Å². The van der Waals surface area contributed by atoms with E-state index >= 15 is 0 Å². The highest BCUT2D eigenvalue weighted by molar-refractivity contribution is 7.09. The van der Waals surface area contributed by atoms with E-state index in [1.807, 2.05) is 17.5 Å². The molecular formula is C10H9FN2O3S. The number of aromatic amines is 1. The first-order valence-corrected chi connectivity index (χ1v) is 5.71. The van der Waals surface area contributed by atoms with Gasteiger partial charge in [-0.1, -0.05) is 6.07 Å². The molecule has 2 heterocycles. The predicted molar refractivity (Wildman–Crippen MR) is 61.0 cm³/mol. The van der Waals surface area contributed by atoms with Crippen LogP contribution in [0, 0.1) is 5.82 Å². The van der Waals surface area contributed by atoms with Crippen molar-refractivity contribution in [1.29, 1.82) is 0 Å². The molecule has 2 aromatic rings. The summed E-state index contributed by atoms with van der Waals surface area (Å²) < 4.78 is 13.9. The summed E-state index contributed by atoms with van der Waals surface area (Å²) in [4.78, 5) is 25.0. The van der Waals surface area contributed by atoms with Crippen molar-refractivity contribution in [2.45, 2.75) is 13.0 Å². The van der Waals surface area contributed by atoms with Crippen LogP contribution in [0.1, 0.15) is 4.88 Å². The van der Waals surface area contributed by atoms with E-state index in [9.17, 15) is 19.1 Å². The monoisotopic (exact) mass is 256 g/mol. The number of aromatic hydroxyl groups is 1. The van der Waals surface area contributed by atoms with Crippen LogP contribution in [0.15, 0.2) is 27.1 Å². The molecule has 0 saturated heterocycles. The lowest BCUT2D eigenvalue weighted by atomic mass is 10.3. The van der Waals surface area contributed by atoms with Gasteiger partial charge in [-0.2, -0.15) is 4.39 Å². The van der Waals surface area contributed by atoms with Crippen molar-refractivity contribution in [3.05, 3.63) is 49.0 Å². The number of hydrogen-bond donors (Lipinski definition) is 2. The predicted octanol–water partition coefficient (Wildman–Crippen LogP) is 0.685. The number of rotatable bonds is 3. The van der Waals surface area contributed by atoms with Gasteiger partial charge in [-0.25, -0.2) is 4.79 Å². The molecule has 0 amide bonds. The Morgan fingerprint density at radius 1 is 1.47 bits per heavy atom. The van der Waals surface area contributed by atoms with Crippen molar-refractivity contribution in [3.63, 3.8) is 0 Å². The van der Waals surface area contributed by atoms with Gasteiger partial charge in [-0.15, -0.1) is 11.3 Å². The summed E-state index contributed by atoms with van der Waals surface area (Å²) >= 11 is 1.50. The molecule has 2 rings (SSSR count). The van der Waals surface area contributed by atoms with Crippen LogP contribution in [0.2, 0.25) is 0 Å². The van der Waals surface area contributed by atoms with Crippen LogP contribution in [0.4, 0.5) is 4.39 Å². The maximum Gasteiger partial charge on any atom is 0.331 e. The molecule has 0 fully saturated rings. The molecule has 0 atom stereocenters. The van der Waals surface area contributed by atoms with Crippen LogP contribution in [-0.4, -0.2) is 14.7 Å². The molecule has 0 spiro atoms. The minimum absolute atomic E-state index is 0.110. The highest BCUT2D eigenvalue weighted by Gasteiger charge is 2.13. The summed E-state index contributed by atoms with van der Waals surface area (Å²) in [6.45, 7) is 0.110. The van der Waals surface area contributed by atoms with E-state index in [1.165, 1.54) is 11.3 Å². The highest BCUT2D eigenvalue weighted by Crippen LogP contribution is 2.12. The third-order valence-electron chi connectivity index (χ3n) is 2.28. The zero-order chi connectivity index (χ0) is 12.4. The molecule has 0 aliphatic heterocycles. The van der Waals surface area contributed by atoms with E-state index in [0.717, 1.165) is 9.44 Å². The number of H-pyrrole nitrogens is 1. The SMILES string of the molecule is O=c1[nH]c(=O)n(CCc2cccs2)c(O)c1F. The second kappa shape index (κ2) is 4.54. The van der Waals surface area contributed by atoms with E-state index in [2.05, 4.69) is 0 Å². The number of nitrogens with one attached hydrogen (secondary N) is 1. The van der Waals surface area contributed by atoms with Gasteiger partial charge in [-0.3, -0.25) is 14.3 Å². The number of aromatic nitrogens is 2. The van der Waals surface area contributed by atoms with Crippen molar-refractivity contribution < 1.29 is 9.50 Å². The first-order valence-electron chi connectivity index (χ1n) is 4.83. The Kier molecular flexibility index (Phi) is 3.10. The first kappa shape index (κ1) is 11.6. The topological polar surface area (TPSA) is 75.1 Å². The lowest BCUT2D eigenvalue weighted by Crippen LogP contribution is -2.32. The van der Waals surface area contributed by atoms with Gasteiger partial charge in [0.1, 0.15) is 0 Å². The van der Waals surface area contributed by atoms with Crippen LogP contribution in [-0.2, 0) is 13.0 Å². The maximum absolute atomic E-state index is 13.1. The first-order chi connectivity index (χ1) is 8.09. The number of hydrogen-bond acceptors (Lipinski definition) is 4. The largest absolute Gasteiger partial charge is 0.492 e. The molecule has 2 aromatic heterocycles. The Labute approximate surface area is 98.8 Å². The van der Waals surface area contributed by atoms with Gasteiger partial charge < -0.3 is 5.11 Å². The van der Waals surface area contributed by atoms with Gasteiger partial charge >= 0.3 is 5.69 Å². The van der Waals surface area contributed by atoms with Crippen LogP contribution >= 0.6 is 11.3 Å². The minimum atomic E-state index is -1.34. The fraction of sp³-hybridized carbons (Fsp3) is 0.200. The zero-order valence-corrected chi connectivity index (χ0v) is 9.46. The summed E-state index contributed by atoms with van der Waals surface area (Å²) in [5.74, 6) is -2.26. The van der Waals surface area contributed by atoms with Crippen LogP contribution in [0.3, 0.4) is 0 Å². The quantitative estimate of drug-likeness (QED) is 0.848. The van der Waals surface area contributed by atoms with Crippen molar-refractivity contribution in [3.8, 4) is 5.88 Å². The van der Waals surface area contributed by atoms with Crippen LogP contribution in [0.5, 0.6) is 5.88 Å². The lowest BCUT2D eigenvalue weighted by molar-refractivity contribution is 0.360. The Morgan fingerprint density at radius 2 is 2.24 bits per heavy atom. The Hall–Kier alpha value is -1.89. The van der Waals surface area contributed by atoms with Crippen molar-refractivity contribution in [2.75, 3.05) is 0 Å². The molecule has 0 bridgehead atoms. The molecular weight excluding hydrogens is 247 g/mol. The molecule has 0 saturated carbocycles. The second-order valence-electron chi connectivity index (χ2n) is 3.38. The molecule has 0 aliphatic rings. The Bertz CT molecular complexity index is 630. The standard InChI is InChI=1S/C10H9FN2O3S/c11-7-8(14)12-10(16)13(9(7)15)4-3-6-2-1-5-17-6/h1-2,5,15H,3-4H2,(H,12,14,16). The smallest absolute Gasteiger partial charge is 0.331 e. The van der Waals surface area contributed by atoms with Gasteiger partial charge in [-0.05, 0) is 17.9 Å².